The van der Waals surface area contributed by atoms with Crippen LogP contribution in [-0.4, -0.2) is 13.0 Å². The van der Waals surface area contributed by atoms with E-state index < -0.39 is 10.0 Å². The molecular formula is C20H14BrClN2O3S2. The number of fused-ring (bicyclic) bond motifs is 1. The summed E-state index contributed by atoms with van der Waals surface area (Å²) in [5.74, 6) is 0. The number of hydrogen-bond donors (Lipinski definition) is 1. The van der Waals surface area contributed by atoms with Crippen molar-refractivity contribution in [2.75, 3.05) is 4.72 Å². The second kappa shape index (κ2) is 7.95. The van der Waals surface area contributed by atoms with Crippen molar-refractivity contribution in [3.8, 4) is 0 Å². The molecule has 0 bridgehead atoms. The number of halogens is 2. The number of rotatable bonds is 5. The van der Waals surface area contributed by atoms with Crippen molar-refractivity contribution in [2.24, 2.45) is 0 Å². The maximum atomic E-state index is 12.8. The second-order valence-corrected chi connectivity index (χ2v) is 10.3. The summed E-state index contributed by atoms with van der Waals surface area (Å²) < 4.78 is 31.0. The molecule has 1 heterocycles. The van der Waals surface area contributed by atoms with Gasteiger partial charge >= 0.3 is 4.87 Å². The minimum absolute atomic E-state index is 0.0936. The Labute approximate surface area is 184 Å². The molecular weight excluding hydrogens is 496 g/mol. The van der Waals surface area contributed by atoms with E-state index in [1.54, 1.807) is 34.9 Å². The van der Waals surface area contributed by atoms with Gasteiger partial charge < -0.3 is 0 Å². The zero-order valence-electron chi connectivity index (χ0n) is 14.8. The van der Waals surface area contributed by atoms with Crippen LogP contribution in [0, 0.1) is 0 Å². The fourth-order valence-electron chi connectivity index (χ4n) is 2.93. The van der Waals surface area contributed by atoms with Crippen molar-refractivity contribution in [1.82, 2.24) is 4.57 Å². The van der Waals surface area contributed by atoms with Crippen LogP contribution < -0.4 is 9.60 Å². The van der Waals surface area contributed by atoms with Gasteiger partial charge in [0.2, 0.25) is 0 Å². The van der Waals surface area contributed by atoms with Crippen LogP contribution in [0.1, 0.15) is 5.56 Å². The molecule has 0 aliphatic heterocycles. The minimum Gasteiger partial charge on any atom is -0.294 e. The Balaban J connectivity index is 1.70. The van der Waals surface area contributed by atoms with E-state index in [1.807, 2.05) is 24.3 Å². The van der Waals surface area contributed by atoms with Crippen molar-refractivity contribution in [3.05, 3.63) is 91.5 Å². The Morgan fingerprint density at radius 1 is 1.03 bits per heavy atom. The number of thiazole rings is 1. The van der Waals surface area contributed by atoms with Crippen LogP contribution in [0.5, 0.6) is 0 Å². The lowest BCUT2D eigenvalue weighted by Crippen LogP contribution is -2.14. The molecule has 0 aliphatic rings. The molecule has 3 aromatic carbocycles. The molecule has 0 radical (unpaired) electrons. The van der Waals surface area contributed by atoms with Crippen LogP contribution >= 0.6 is 38.9 Å². The van der Waals surface area contributed by atoms with Gasteiger partial charge in [-0.1, -0.05) is 63.1 Å². The van der Waals surface area contributed by atoms with E-state index in [1.165, 1.54) is 12.1 Å². The number of hydrogen-bond acceptors (Lipinski definition) is 4. The lowest BCUT2D eigenvalue weighted by atomic mass is 10.2. The van der Waals surface area contributed by atoms with Crippen LogP contribution in [0.3, 0.4) is 0 Å². The minimum atomic E-state index is -3.79. The van der Waals surface area contributed by atoms with E-state index in [0.717, 1.165) is 21.4 Å². The van der Waals surface area contributed by atoms with Crippen molar-refractivity contribution in [3.63, 3.8) is 0 Å². The molecule has 9 heteroatoms. The van der Waals surface area contributed by atoms with Crippen LogP contribution in [-0.2, 0) is 16.6 Å². The van der Waals surface area contributed by atoms with Gasteiger partial charge in [0.15, 0.2) is 0 Å². The van der Waals surface area contributed by atoms with Crippen molar-refractivity contribution in [1.29, 1.82) is 0 Å². The number of aromatic nitrogens is 1. The Hall–Kier alpha value is -2.13. The molecule has 4 aromatic rings. The first kappa shape index (κ1) is 20.2. The molecule has 0 spiro atoms. The average Bonchev–Trinajstić information content (AvgIpc) is 2.98. The predicted octanol–water partition coefficient (Wildman–Crippen LogP) is 5.33. The highest BCUT2D eigenvalue weighted by atomic mass is 79.9. The van der Waals surface area contributed by atoms with Crippen molar-refractivity contribution in [2.45, 2.75) is 11.4 Å². The van der Waals surface area contributed by atoms with Gasteiger partial charge in [-0.05, 0) is 48.0 Å². The SMILES string of the molecule is O=c1sc2cc(S(=O)(=O)Nc3cccc(Br)c3)ccc2n1Cc1ccccc1Cl. The van der Waals surface area contributed by atoms with Gasteiger partial charge in [-0.3, -0.25) is 14.1 Å². The Morgan fingerprint density at radius 2 is 1.83 bits per heavy atom. The highest BCUT2D eigenvalue weighted by molar-refractivity contribution is 9.10. The third-order valence-electron chi connectivity index (χ3n) is 4.31. The summed E-state index contributed by atoms with van der Waals surface area (Å²) in [4.78, 5) is 12.4. The lowest BCUT2D eigenvalue weighted by Gasteiger charge is -2.09. The first-order valence-corrected chi connectivity index (χ1v) is 12.0. The van der Waals surface area contributed by atoms with Gasteiger partial charge in [-0.15, -0.1) is 0 Å². The summed E-state index contributed by atoms with van der Waals surface area (Å²) >= 11 is 10.5. The zero-order chi connectivity index (χ0) is 20.6. The highest BCUT2D eigenvalue weighted by Crippen LogP contribution is 2.26. The average molecular weight is 510 g/mol. The molecule has 0 unspecified atom stereocenters. The number of nitrogens with one attached hydrogen (secondary N) is 1. The van der Waals surface area contributed by atoms with Crippen LogP contribution in [0.4, 0.5) is 5.69 Å². The maximum absolute atomic E-state index is 12.8. The van der Waals surface area contributed by atoms with Gasteiger partial charge in [0.25, 0.3) is 10.0 Å². The molecule has 0 aliphatic carbocycles. The van der Waals surface area contributed by atoms with E-state index in [0.29, 0.717) is 27.5 Å². The molecule has 29 heavy (non-hydrogen) atoms. The number of anilines is 1. The molecule has 5 nitrogen and oxygen atoms in total. The first-order chi connectivity index (χ1) is 13.8. The van der Waals surface area contributed by atoms with Crippen LogP contribution in [0.25, 0.3) is 10.2 Å². The van der Waals surface area contributed by atoms with Gasteiger partial charge in [-0.2, -0.15) is 0 Å². The number of benzene rings is 3. The van der Waals surface area contributed by atoms with Gasteiger partial charge in [0, 0.05) is 15.2 Å². The molecule has 148 valence electrons. The predicted molar refractivity (Wildman–Crippen MR) is 122 cm³/mol. The smallest absolute Gasteiger partial charge is 0.294 e. The summed E-state index contributed by atoms with van der Waals surface area (Å²) in [6, 6.07) is 18.9. The maximum Gasteiger partial charge on any atom is 0.308 e. The number of nitrogens with zero attached hydrogens (tertiary/aromatic N) is 1. The summed E-state index contributed by atoms with van der Waals surface area (Å²) in [6.45, 7) is 0.320. The fraction of sp³-hybridized carbons (Fsp3) is 0.0500. The summed E-state index contributed by atoms with van der Waals surface area (Å²) in [5.41, 5.74) is 1.94. The molecule has 1 aromatic heterocycles. The largest absolute Gasteiger partial charge is 0.308 e. The summed E-state index contributed by atoms with van der Waals surface area (Å²) in [7, 11) is -3.79. The lowest BCUT2D eigenvalue weighted by molar-refractivity contribution is 0.601. The van der Waals surface area contributed by atoms with E-state index in [4.69, 9.17) is 11.6 Å². The van der Waals surface area contributed by atoms with E-state index in [-0.39, 0.29) is 9.77 Å². The summed E-state index contributed by atoms with van der Waals surface area (Å²) in [6.07, 6.45) is 0. The van der Waals surface area contributed by atoms with E-state index >= 15 is 0 Å². The first-order valence-electron chi connectivity index (χ1n) is 8.49. The quantitative estimate of drug-likeness (QED) is 0.395. The van der Waals surface area contributed by atoms with Crippen molar-refractivity contribution < 1.29 is 8.42 Å². The highest BCUT2D eigenvalue weighted by Gasteiger charge is 2.17. The molecule has 0 saturated carbocycles. The molecule has 4 rings (SSSR count). The third-order valence-corrected chi connectivity index (χ3v) is 7.50. The fourth-order valence-corrected chi connectivity index (χ4v) is 5.60. The second-order valence-electron chi connectivity index (χ2n) is 6.29. The monoisotopic (exact) mass is 508 g/mol. The molecule has 0 atom stereocenters. The molecule has 0 fully saturated rings. The van der Waals surface area contributed by atoms with Crippen LogP contribution in [0.15, 0.2) is 80.9 Å². The molecule has 0 amide bonds. The van der Waals surface area contributed by atoms with Gasteiger partial charge in [-0.25, -0.2) is 8.42 Å². The van der Waals surface area contributed by atoms with Gasteiger partial charge in [0.05, 0.1) is 21.7 Å². The Morgan fingerprint density at radius 3 is 2.59 bits per heavy atom. The normalized spacial score (nSPS) is 11.7. The van der Waals surface area contributed by atoms with Crippen molar-refractivity contribution >= 4 is 64.8 Å². The molecule has 1 N–H and O–H groups in total. The Bertz CT molecular complexity index is 1380. The topological polar surface area (TPSA) is 68.2 Å². The van der Waals surface area contributed by atoms with E-state index in [9.17, 15) is 13.2 Å². The van der Waals surface area contributed by atoms with Gasteiger partial charge in [0.1, 0.15) is 0 Å². The third kappa shape index (κ3) is 4.25. The Kier molecular flexibility index (Phi) is 5.52. The zero-order valence-corrected chi connectivity index (χ0v) is 18.8. The summed E-state index contributed by atoms with van der Waals surface area (Å²) in [5, 5.41) is 0.580. The standard InChI is InChI=1S/C20H14BrClN2O3S2/c21-14-5-3-6-15(10-14)23-29(26,27)16-8-9-18-19(11-16)28-20(25)24(18)12-13-4-1-2-7-17(13)22/h1-11,23H,12H2. The molecule has 0 saturated heterocycles. The number of sulfonamides is 1. The van der Waals surface area contributed by atoms with E-state index in [2.05, 4.69) is 20.7 Å². The van der Waals surface area contributed by atoms with Crippen LogP contribution in [0.2, 0.25) is 5.02 Å².